The summed E-state index contributed by atoms with van der Waals surface area (Å²) in [6, 6.07) is 8.20. The summed E-state index contributed by atoms with van der Waals surface area (Å²) in [5.74, 6) is 0.895. The van der Waals surface area contributed by atoms with Gasteiger partial charge in [0.15, 0.2) is 0 Å². The molecule has 0 bridgehead atoms. The van der Waals surface area contributed by atoms with Crippen molar-refractivity contribution >= 4 is 17.6 Å². The van der Waals surface area contributed by atoms with Crippen LogP contribution in [0.25, 0.3) is 11.1 Å². The number of aliphatic imine (C=N–C) groups is 1. The van der Waals surface area contributed by atoms with Gasteiger partial charge in [-0.05, 0) is 23.8 Å². The molecule has 4 heterocycles. The zero-order valence-corrected chi connectivity index (χ0v) is 14.8. The number of hydrogen-bond donors (Lipinski definition) is 1. The molecule has 3 aliphatic heterocycles. The molecular formula is C19H18ClN3O3. The summed E-state index contributed by atoms with van der Waals surface area (Å²) in [6.45, 7) is 1.67. The SMILES string of the molecule is NC1=N[C@@]2(CO1)c1cc(-c3cncc(Cl)c3)ccc1OC1CCOCC12. The summed E-state index contributed by atoms with van der Waals surface area (Å²) in [5, 5.41) is 0.596. The molecule has 3 aliphatic rings. The van der Waals surface area contributed by atoms with Crippen molar-refractivity contribution < 1.29 is 14.2 Å². The number of nitrogens with zero attached hydrogens (tertiary/aromatic N) is 2. The van der Waals surface area contributed by atoms with Crippen molar-refractivity contribution in [3.63, 3.8) is 0 Å². The van der Waals surface area contributed by atoms with Crippen molar-refractivity contribution in [1.82, 2.24) is 4.98 Å². The van der Waals surface area contributed by atoms with Gasteiger partial charge in [0.05, 0.1) is 24.2 Å². The molecule has 1 aromatic carbocycles. The van der Waals surface area contributed by atoms with Gasteiger partial charge < -0.3 is 19.9 Å². The van der Waals surface area contributed by atoms with Crippen molar-refractivity contribution in [2.24, 2.45) is 16.6 Å². The van der Waals surface area contributed by atoms with Gasteiger partial charge in [-0.1, -0.05) is 17.7 Å². The number of halogens is 1. The maximum atomic E-state index is 6.29. The molecule has 6 nitrogen and oxygen atoms in total. The Kier molecular flexibility index (Phi) is 3.58. The maximum Gasteiger partial charge on any atom is 0.283 e. The van der Waals surface area contributed by atoms with Crippen molar-refractivity contribution in [1.29, 1.82) is 0 Å². The van der Waals surface area contributed by atoms with Crippen LogP contribution in [0.15, 0.2) is 41.7 Å². The molecule has 5 rings (SSSR count). The maximum absolute atomic E-state index is 6.29. The Labute approximate surface area is 155 Å². The van der Waals surface area contributed by atoms with E-state index >= 15 is 0 Å². The third kappa shape index (κ3) is 2.36. The molecule has 7 heteroatoms. The molecule has 0 aliphatic carbocycles. The number of hydrogen-bond acceptors (Lipinski definition) is 6. The van der Waals surface area contributed by atoms with Crippen LogP contribution in [0.3, 0.4) is 0 Å². The summed E-state index contributed by atoms with van der Waals surface area (Å²) >= 11 is 6.11. The fourth-order valence-corrected chi connectivity index (χ4v) is 4.33. The molecule has 134 valence electrons. The highest BCUT2D eigenvalue weighted by atomic mass is 35.5. The van der Waals surface area contributed by atoms with E-state index in [-0.39, 0.29) is 18.0 Å². The van der Waals surface area contributed by atoms with E-state index in [2.05, 4.69) is 11.1 Å². The van der Waals surface area contributed by atoms with Gasteiger partial charge in [-0.15, -0.1) is 0 Å². The highest BCUT2D eigenvalue weighted by Crippen LogP contribution is 2.50. The third-order valence-electron chi connectivity index (χ3n) is 5.42. The van der Waals surface area contributed by atoms with Gasteiger partial charge in [-0.2, -0.15) is 0 Å². The lowest BCUT2D eigenvalue weighted by atomic mass is 9.72. The molecule has 1 aromatic heterocycles. The second kappa shape index (κ2) is 5.86. The molecule has 2 aromatic rings. The number of fused-ring (bicyclic) bond motifs is 4. The Morgan fingerprint density at radius 2 is 2.12 bits per heavy atom. The number of benzene rings is 1. The normalized spacial score (nSPS) is 29.3. The van der Waals surface area contributed by atoms with Gasteiger partial charge in [0.25, 0.3) is 6.02 Å². The first-order chi connectivity index (χ1) is 12.7. The van der Waals surface area contributed by atoms with Gasteiger partial charge in [-0.3, -0.25) is 4.98 Å². The molecule has 3 atom stereocenters. The van der Waals surface area contributed by atoms with Crippen molar-refractivity contribution in [2.45, 2.75) is 18.1 Å². The van der Waals surface area contributed by atoms with Gasteiger partial charge in [0.2, 0.25) is 0 Å². The fourth-order valence-electron chi connectivity index (χ4n) is 4.16. The predicted octanol–water partition coefficient (Wildman–Crippen LogP) is 2.74. The van der Waals surface area contributed by atoms with Crippen LogP contribution >= 0.6 is 11.6 Å². The monoisotopic (exact) mass is 371 g/mol. The van der Waals surface area contributed by atoms with E-state index in [1.807, 2.05) is 18.2 Å². The first kappa shape index (κ1) is 15.9. The Morgan fingerprint density at radius 3 is 2.92 bits per heavy atom. The average molecular weight is 372 g/mol. The number of pyridine rings is 1. The lowest BCUT2D eigenvalue weighted by Crippen LogP contribution is -2.52. The topological polar surface area (TPSA) is 79.0 Å². The van der Waals surface area contributed by atoms with Gasteiger partial charge in [0, 0.05) is 29.9 Å². The Bertz CT molecular complexity index is 903. The van der Waals surface area contributed by atoms with E-state index in [1.165, 1.54) is 0 Å². The number of ether oxygens (including phenoxy) is 3. The second-order valence-electron chi connectivity index (χ2n) is 6.89. The second-order valence-corrected chi connectivity index (χ2v) is 7.33. The van der Waals surface area contributed by atoms with Crippen molar-refractivity contribution in [3.05, 3.63) is 47.2 Å². The summed E-state index contributed by atoms with van der Waals surface area (Å²) in [7, 11) is 0. The molecule has 0 radical (unpaired) electrons. The Balaban J connectivity index is 1.67. The molecule has 2 unspecified atom stereocenters. The highest BCUT2D eigenvalue weighted by Gasteiger charge is 2.54. The molecule has 1 fully saturated rings. The number of nitrogens with two attached hydrogens (primary N) is 1. The van der Waals surface area contributed by atoms with E-state index in [0.29, 0.717) is 24.8 Å². The number of aromatic nitrogens is 1. The minimum atomic E-state index is -0.579. The largest absolute Gasteiger partial charge is 0.489 e. The van der Waals surface area contributed by atoms with Gasteiger partial charge >= 0.3 is 0 Å². The minimum Gasteiger partial charge on any atom is -0.489 e. The van der Waals surface area contributed by atoms with Crippen LogP contribution in [0.4, 0.5) is 0 Å². The summed E-state index contributed by atoms with van der Waals surface area (Å²) in [4.78, 5) is 8.91. The lowest BCUT2D eigenvalue weighted by Gasteiger charge is -2.45. The Morgan fingerprint density at radius 1 is 1.19 bits per heavy atom. The van der Waals surface area contributed by atoms with Crippen LogP contribution in [0, 0.1) is 5.92 Å². The molecule has 0 saturated carbocycles. The fraction of sp³-hybridized carbons (Fsp3) is 0.368. The van der Waals surface area contributed by atoms with E-state index in [9.17, 15) is 0 Å². The molecule has 1 saturated heterocycles. The molecule has 2 N–H and O–H groups in total. The quantitative estimate of drug-likeness (QED) is 0.833. The van der Waals surface area contributed by atoms with E-state index in [0.717, 1.165) is 28.9 Å². The van der Waals surface area contributed by atoms with Crippen LogP contribution in [-0.4, -0.2) is 36.9 Å². The zero-order chi connectivity index (χ0) is 17.7. The average Bonchev–Trinajstić information content (AvgIpc) is 3.04. The lowest BCUT2D eigenvalue weighted by molar-refractivity contribution is -0.0726. The number of amidine groups is 1. The van der Waals surface area contributed by atoms with Gasteiger partial charge in [-0.25, -0.2) is 4.99 Å². The zero-order valence-electron chi connectivity index (χ0n) is 14.0. The van der Waals surface area contributed by atoms with Crippen LogP contribution in [-0.2, 0) is 15.0 Å². The van der Waals surface area contributed by atoms with E-state index in [1.54, 1.807) is 12.4 Å². The smallest absolute Gasteiger partial charge is 0.283 e. The molecule has 1 spiro atoms. The van der Waals surface area contributed by atoms with Crippen LogP contribution < -0.4 is 10.5 Å². The highest BCUT2D eigenvalue weighted by molar-refractivity contribution is 6.30. The van der Waals surface area contributed by atoms with Crippen molar-refractivity contribution in [2.75, 3.05) is 19.8 Å². The van der Waals surface area contributed by atoms with E-state index in [4.69, 9.17) is 36.5 Å². The van der Waals surface area contributed by atoms with Crippen LogP contribution in [0.2, 0.25) is 5.02 Å². The third-order valence-corrected chi connectivity index (χ3v) is 5.63. The predicted molar refractivity (Wildman–Crippen MR) is 97.3 cm³/mol. The van der Waals surface area contributed by atoms with Crippen LogP contribution in [0.1, 0.15) is 12.0 Å². The first-order valence-corrected chi connectivity index (χ1v) is 9.01. The van der Waals surface area contributed by atoms with E-state index < -0.39 is 5.54 Å². The Hall–Kier alpha value is -2.31. The van der Waals surface area contributed by atoms with Gasteiger partial charge in [0.1, 0.15) is 24.0 Å². The minimum absolute atomic E-state index is 0.0492. The molecule has 0 amide bonds. The standard InChI is InChI=1S/C19H18ClN3O3/c20-13-5-12(7-22-8-13)11-1-2-16-14(6-11)19(10-25-18(21)23-19)15-9-24-4-3-17(15)26-16/h1-2,5-8,15,17H,3-4,9-10H2,(H2,21,23)/t15?,17?,19-/m0/s1. The summed E-state index contributed by atoms with van der Waals surface area (Å²) in [6.07, 6.45) is 4.29. The molecule has 26 heavy (non-hydrogen) atoms. The van der Waals surface area contributed by atoms with Crippen molar-refractivity contribution in [3.8, 4) is 16.9 Å². The summed E-state index contributed by atoms with van der Waals surface area (Å²) < 4.78 is 17.6. The summed E-state index contributed by atoms with van der Waals surface area (Å²) in [5.41, 5.74) is 8.24. The first-order valence-electron chi connectivity index (χ1n) is 8.64. The number of rotatable bonds is 1. The molecular weight excluding hydrogens is 354 g/mol. The van der Waals surface area contributed by atoms with Crippen LogP contribution in [0.5, 0.6) is 5.75 Å².